The summed E-state index contributed by atoms with van der Waals surface area (Å²) in [7, 11) is -2.11. The monoisotopic (exact) mass is 283 g/mol. The molecule has 1 aromatic rings. The lowest BCUT2D eigenvalue weighted by Gasteiger charge is -2.32. The Kier molecular flexibility index (Phi) is 3.49. The smallest absolute Gasteiger partial charge is 0.398 e. The summed E-state index contributed by atoms with van der Waals surface area (Å²) in [5.74, 6) is 0. The first-order valence-electron chi connectivity index (χ1n) is 6.06. The Balaban J connectivity index is 2.49. The fourth-order valence-corrected chi connectivity index (χ4v) is 2.73. The lowest BCUT2D eigenvalue weighted by molar-refractivity contribution is 0.00578. The van der Waals surface area contributed by atoms with E-state index in [0.717, 1.165) is 0 Å². The Bertz CT molecular complexity index is 565. The molecular weight excluding hydrogens is 265 g/mol. The number of hydrogen-bond donors (Lipinski definition) is 1. The third-order valence-corrected chi connectivity index (χ3v) is 4.71. The van der Waals surface area contributed by atoms with Gasteiger partial charge in [-0.15, -0.1) is 0 Å². The molecular formula is C12H18BNO4S. The highest BCUT2D eigenvalue weighted by Crippen LogP contribution is 2.36. The molecule has 7 heteroatoms. The molecule has 0 saturated carbocycles. The minimum absolute atomic E-state index is 0.209. The van der Waals surface area contributed by atoms with Gasteiger partial charge in [0.25, 0.3) is 0 Å². The van der Waals surface area contributed by atoms with Crippen molar-refractivity contribution in [3.63, 3.8) is 0 Å². The molecule has 2 rings (SSSR count). The average Bonchev–Trinajstić information content (AvgIpc) is 2.47. The first kappa shape index (κ1) is 14.5. The Morgan fingerprint density at radius 2 is 1.74 bits per heavy atom. The lowest BCUT2D eigenvalue weighted by atomic mass is 9.84. The van der Waals surface area contributed by atoms with Gasteiger partial charge in [-0.3, -0.25) is 9.00 Å². The van der Waals surface area contributed by atoms with Crippen molar-refractivity contribution in [2.45, 2.75) is 43.8 Å². The number of hydrogen-bond acceptors (Lipinski definition) is 4. The second-order valence-corrected chi connectivity index (χ2v) is 6.94. The predicted octanol–water partition coefficient (Wildman–Crippen LogP) is 0.411. The van der Waals surface area contributed by atoms with Crippen molar-refractivity contribution in [2.75, 3.05) is 6.26 Å². The van der Waals surface area contributed by atoms with Gasteiger partial charge in [-0.25, -0.2) is 0 Å². The van der Waals surface area contributed by atoms with E-state index in [-0.39, 0.29) is 10.3 Å². The number of pyridine rings is 1. The molecule has 0 radical (unpaired) electrons. The Hall–Kier alpha value is -0.915. The summed E-state index contributed by atoms with van der Waals surface area (Å²) in [6.45, 7) is 7.71. The van der Waals surface area contributed by atoms with Crippen LogP contribution in [-0.4, -0.2) is 33.8 Å². The van der Waals surface area contributed by atoms with Crippen molar-refractivity contribution in [3.05, 3.63) is 22.5 Å². The largest absolute Gasteiger partial charge is 0.513 e. The van der Waals surface area contributed by atoms with E-state index in [9.17, 15) is 9.00 Å². The second-order valence-electron chi connectivity index (χ2n) is 5.63. The Labute approximate surface area is 115 Å². The molecule has 0 aromatic carbocycles. The minimum Gasteiger partial charge on any atom is -0.398 e. The van der Waals surface area contributed by atoms with Gasteiger partial charge in [0.15, 0.2) is 5.43 Å². The summed E-state index contributed by atoms with van der Waals surface area (Å²) < 4.78 is 23.5. The van der Waals surface area contributed by atoms with Gasteiger partial charge in [0.2, 0.25) is 0 Å². The molecule has 0 spiro atoms. The third-order valence-electron chi connectivity index (χ3n) is 3.72. The van der Waals surface area contributed by atoms with E-state index in [2.05, 4.69) is 4.98 Å². The molecule has 1 fully saturated rings. The van der Waals surface area contributed by atoms with Crippen LogP contribution in [0.25, 0.3) is 0 Å². The SMILES string of the molecule is CS(=O)c1c(B2OC(C)(C)C(C)(C)O2)[nH]ccc1=O. The molecule has 0 aliphatic carbocycles. The highest BCUT2D eigenvalue weighted by Gasteiger charge is 2.53. The molecule has 104 valence electrons. The summed E-state index contributed by atoms with van der Waals surface area (Å²) in [4.78, 5) is 15.0. The van der Waals surface area contributed by atoms with Crippen LogP contribution in [0.4, 0.5) is 0 Å². The number of nitrogens with one attached hydrogen (secondary N) is 1. The zero-order chi connectivity index (χ0) is 14.4. The molecule has 0 bridgehead atoms. The number of rotatable bonds is 2. The standard InChI is InChI=1S/C12H18BNO4S/c1-11(2)12(3,4)18-13(17-11)10-9(19(5)16)8(15)6-7-14-10/h6-7H,1-5H3,(H,14,15). The summed E-state index contributed by atoms with van der Waals surface area (Å²) in [5.41, 5.74) is -0.843. The molecule has 0 amide bonds. The van der Waals surface area contributed by atoms with Gasteiger partial charge in [-0.1, -0.05) is 0 Å². The second kappa shape index (κ2) is 4.57. The van der Waals surface area contributed by atoms with Crippen LogP contribution in [0.15, 0.2) is 22.0 Å². The van der Waals surface area contributed by atoms with E-state index in [1.54, 1.807) is 0 Å². The van der Waals surface area contributed by atoms with E-state index in [0.29, 0.717) is 5.59 Å². The molecule has 1 unspecified atom stereocenters. The first-order chi connectivity index (χ1) is 8.66. The quantitative estimate of drug-likeness (QED) is 0.798. The maximum atomic E-state index is 11.8. The maximum Gasteiger partial charge on any atom is 0.513 e. The highest BCUT2D eigenvalue weighted by molar-refractivity contribution is 7.84. The van der Waals surface area contributed by atoms with Crippen molar-refractivity contribution >= 4 is 23.5 Å². The molecule has 1 aromatic heterocycles. The topological polar surface area (TPSA) is 68.4 Å². The van der Waals surface area contributed by atoms with Crippen LogP contribution in [0, 0.1) is 0 Å². The maximum absolute atomic E-state index is 11.8. The van der Waals surface area contributed by atoms with Gasteiger partial charge in [-0.2, -0.15) is 0 Å². The van der Waals surface area contributed by atoms with Gasteiger partial charge in [0.1, 0.15) is 4.90 Å². The van der Waals surface area contributed by atoms with Crippen molar-refractivity contribution < 1.29 is 13.5 Å². The summed E-state index contributed by atoms with van der Waals surface area (Å²) in [5, 5.41) is 0. The molecule has 1 aliphatic heterocycles. The van der Waals surface area contributed by atoms with Gasteiger partial charge in [0.05, 0.1) is 27.6 Å². The summed E-state index contributed by atoms with van der Waals surface area (Å²) >= 11 is 0. The van der Waals surface area contributed by atoms with Crippen molar-refractivity contribution in [1.29, 1.82) is 0 Å². The van der Waals surface area contributed by atoms with Crippen LogP contribution in [0.1, 0.15) is 27.7 Å². The van der Waals surface area contributed by atoms with Crippen LogP contribution in [-0.2, 0) is 20.1 Å². The first-order valence-corrected chi connectivity index (χ1v) is 7.62. The highest BCUT2D eigenvalue weighted by atomic mass is 32.2. The van der Waals surface area contributed by atoms with Gasteiger partial charge < -0.3 is 14.3 Å². The van der Waals surface area contributed by atoms with E-state index in [4.69, 9.17) is 9.31 Å². The van der Waals surface area contributed by atoms with Crippen LogP contribution in [0.5, 0.6) is 0 Å². The lowest BCUT2D eigenvalue weighted by Crippen LogP contribution is -2.41. The van der Waals surface area contributed by atoms with Crippen LogP contribution in [0.3, 0.4) is 0 Å². The molecule has 1 saturated heterocycles. The summed E-state index contributed by atoms with van der Waals surface area (Å²) in [6, 6.07) is 1.35. The van der Waals surface area contributed by atoms with E-state index in [1.165, 1.54) is 18.5 Å². The third kappa shape index (κ3) is 2.42. The predicted molar refractivity (Wildman–Crippen MR) is 75.1 cm³/mol. The van der Waals surface area contributed by atoms with Gasteiger partial charge in [-0.05, 0) is 27.7 Å². The van der Waals surface area contributed by atoms with Crippen LogP contribution >= 0.6 is 0 Å². The Morgan fingerprint density at radius 3 is 2.21 bits per heavy atom. The Morgan fingerprint density at radius 1 is 1.21 bits per heavy atom. The van der Waals surface area contributed by atoms with Crippen molar-refractivity contribution in [3.8, 4) is 0 Å². The number of H-pyrrole nitrogens is 1. The fourth-order valence-electron chi connectivity index (χ4n) is 1.91. The summed E-state index contributed by atoms with van der Waals surface area (Å²) in [6.07, 6.45) is 2.98. The van der Waals surface area contributed by atoms with E-state index < -0.39 is 29.1 Å². The van der Waals surface area contributed by atoms with E-state index >= 15 is 0 Å². The molecule has 1 aliphatic rings. The van der Waals surface area contributed by atoms with Crippen LogP contribution < -0.4 is 11.0 Å². The molecule has 5 nitrogen and oxygen atoms in total. The van der Waals surface area contributed by atoms with Crippen molar-refractivity contribution in [2.24, 2.45) is 0 Å². The molecule has 2 heterocycles. The normalized spacial score (nSPS) is 22.5. The average molecular weight is 283 g/mol. The van der Waals surface area contributed by atoms with Gasteiger partial charge >= 0.3 is 7.12 Å². The molecule has 1 N–H and O–H groups in total. The molecule has 19 heavy (non-hydrogen) atoms. The van der Waals surface area contributed by atoms with Crippen molar-refractivity contribution in [1.82, 2.24) is 4.98 Å². The molecule has 1 atom stereocenters. The zero-order valence-corrected chi connectivity index (χ0v) is 12.6. The zero-order valence-electron chi connectivity index (χ0n) is 11.8. The van der Waals surface area contributed by atoms with E-state index in [1.807, 2.05) is 27.7 Å². The number of aromatic amines is 1. The minimum atomic E-state index is -1.40. The fraction of sp³-hybridized carbons (Fsp3) is 0.583. The van der Waals surface area contributed by atoms with Crippen LogP contribution in [0.2, 0.25) is 0 Å². The number of aromatic nitrogens is 1. The van der Waals surface area contributed by atoms with Gasteiger partial charge in [0, 0.05) is 18.5 Å².